The van der Waals surface area contributed by atoms with E-state index < -0.39 is 0 Å². The van der Waals surface area contributed by atoms with Gasteiger partial charge in [-0.1, -0.05) is 0 Å². The van der Waals surface area contributed by atoms with Gasteiger partial charge in [-0.15, -0.1) is 12.4 Å². The van der Waals surface area contributed by atoms with Gasteiger partial charge in [-0.3, -0.25) is 4.90 Å². The fraction of sp³-hybridized carbons (Fsp3) is 0.571. The monoisotopic (exact) mass is 289 g/mol. The summed E-state index contributed by atoms with van der Waals surface area (Å²) in [5, 5.41) is 0. The Kier molecular flexibility index (Phi) is 7.79. The molecule has 1 saturated heterocycles. The Morgan fingerprint density at radius 1 is 1.11 bits per heavy atom. The third kappa shape index (κ3) is 6.23. The van der Waals surface area contributed by atoms with Gasteiger partial charge in [-0.05, 0) is 43.7 Å². The molecule has 1 aromatic rings. The van der Waals surface area contributed by atoms with Crippen LogP contribution < -0.4 is 4.74 Å². The molecule has 0 aliphatic carbocycles. The lowest BCUT2D eigenvalue weighted by atomic mass is 10.3. The molecule has 5 heteroatoms. The van der Waals surface area contributed by atoms with Crippen LogP contribution >= 0.6 is 12.4 Å². The molecule has 19 heavy (non-hydrogen) atoms. The van der Waals surface area contributed by atoms with Crippen LogP contribution in [0.3, 0.4) is 0 Å². The highest BCUT2D eigenvalue weighted by Crippen LogP contribution is 2.11. The minimum absolute atomic E-state index is 0. The Morgan fingerprint density at radius 3 is 2.47 bits per heavy atom. The fourth-order valence-corrected chi connectivity index (χ4v) is 1.98. The SMILES string of the molecule is Cl.Fc1ccc(OCCCCN2CCOCC2)cc1. The Hall–Kier alpha value is -0.840. The van der Waals surface area contributed by atoms with Crippen molar-refractivity contribution in [1.82, 2.24) is 4.90 Å². The Balaban J connectivity index is 0.00000180. The number of hydrogen-bond acceptors (Lipinski definition) is 3. The van der Waals surface area contributed by atoms with E-state index in [0.717, 1.165) is 51.4 Å². The van der Waals surface area contributed by atoms with E-state index in [0.29, 0.717) is 6.61 Å². The first kappa shape index (κ1) is 16.2. The summed E-state index contributed by atoms with van der Waals surface area (Å²) in [4.78, 5) is 2.42. The van der Waals surface area contributed by atoms with Crippen LogP contribution in [0.2, 0.25) is 0 Å². The smallest absolute Gasteiger partial charge is 0.123 e. The van der Waals surface area contributed by atoms with Gasteiger partial charge < -0.3 is 9.47 Å². The maximum Gasteiger partial charge on any atom is 0.123 e. The first-order chi connectivity index (χ1) is 8.84. The molecule has 0 aromatic heterocycles. The molecule has 108 valence electrons. The zero-order valence-corrected chi connectivity index (χ0v) is 11.8. The molecule has 0 bridgehead atoms. The quantitative estimate of drug-likeness (QED) is 0.752. The molecular formula is C14H21ClFNO2. The first-order valence-electron chi connectivity index (χ1n) is 6.53. The molecule has 0 saturated carbocycles. The average molecular weight is 290 g/mol. The van der Waals surface area contributed by atoms with Crippen molar-refractivity contribution in [3.05, 3.63) is 30.1 Å². The molecule has 0 unspecified atom stereocenters. The summed E-state index contributed by atoms with van der Waals surface area (Å²) in [7, 11) is 0. The van der Waals surface area contributed by atoms with Gasteiger partial charge in [0.25, 0.3) is 0 Å². The van der Waals surface area contributed by atoms with Crippen LogP contribution in [0.25, 0.3) is 0 Å². The number of ether oxygens (including phenoxy) is 2. The van der Waals surface area contributed by atoms with Gasteiger partial charge >= 0.3 is 0 Å². The number of halogens is 2. The van der Waals surface area contributed by atoms with Crippen LogP contribution in [0.4, 0.5) is 4.39 Å². The van der Waals surface area contributed by atoms with Crippen molar-refractivity contribution in [3.63, 3.8) is 0 Å². The summed E-state index contributed by atoms with van der Waals surface area (Å²) in [6.07, 6.45) is 2.15. The van der Waals surface area contributed by atoms with E-state index in [1.54, 1.807) is 12.1 Å². The Labute approximate surface area is 120 Å². The maximum atomic E-state index is 12.7. The van der Waals surface area contributed by atoms with Gasteiger partial charge in [0.1, 0.15) is 11.6 Å². The van der Waals surface area contributed by atoms with E-state index in [4.69, 9.17) is 9.47 Å². The Bertz CT molecular complexity index is 342. The number of benzene rings is 1. The zero-order chi connectivity index (χ0) is 12.6. The van der Waals surface area contributed by atoms with Crippen LogP contribution in [0, 0.1) is 5.82 Å². The minimum Gasteiger partial charge on any atom is -0.494 e. The number of morpholine rings is 1. The third-order valence-corrected chi connectivity index (χ3v) is 3.05. The van der Waals surface area contributed by atoms with E-state index in [9.17, 15) is 4.39 Å². The molecule has 3 nitrogen and oxygen atoms in total. The third-order valence-electron chi connectivity index (χ3n) is 3.05. The summed E-state index contributed by atoms with van der Waals surface area (Å²) in [5.74, 6) is 0.512. The molecule has 1 aliphatic rings. The van der Waals surface area contributed by atoms with E-state index in [1.165, 1.54) is 12.1 Å². The second kappa shape index (κ2) is 9.13. The van der Waals surface area contributed by atoms with Gasteiger partial charge in [0.15, 0.2) is 0 Å². The molecule has 0 amide bonds. The van der Waals surface area contributed by atoms with E-state index >= 15 is 0 Å². The predicted molar refractivity (Wildman–Crippen MR) is 75.6 cm³/mol. The molecular weight excluding hydrogens is 269 g/mol. The lowest BCUT2D eigenvalue weighted by molar-refractivity contribution is 0.0368. The van der Waals surface area contributed by atoms with Gasteiger partial charge in [0.2, 0.25) is 0 Å². The normalized spacial score (nSPS) is 15.8. The minimum atomic E-state index is -0.227. The van der Waals surface area contributed by atoms with Crippen LogP contribution in [-0.4, -0.2) is 44.4 Å². The number of hydrogen-bond donors (Lipinski definition) is 0. The number of unbranched alkanes of at least 4 members (excludes halogenated alkanes) is 1. The topological polar surface area (TPSA) is 21.7 Å². The van der Waals surface area contributed by atoms with Crippen LogP contribution in [-0.2, 0) is 4.74 Å². The summed E-state index contributed by atoms with van der Waals surface area (Å²) in [6, 6.07) is 6.17. The molecule has 1 aromatic carbocycles. The van der Waals surface area contributed by atoms with Gasteiger partial charge in [0.05, 0.1) is 19.8 Å². The highest BCUT2D eigenvalue weighted by Gasteiger charge is 2.08. The summed E-state index contributed by atoms with van der Waals surface area (Å²) in [6.45, 7) is 5.59. The molecule has 0 N–H and O–H groups in total. The number of rotatable bonds is 6. The van der Waals surface area contributed by atoms with Crippen molar-refractivity contribution in [2.24, 2.45) is 0 Å². The molecule has 0 radical (unpaired) electrons. The second-order valence-electron chi connectivity index (χ2n) is 4.46. The Morgan fingerprint density at radius 2 is 1.79 bits per heavy atom. The maximum absolute atomic E-state index is 12.7. The first-order valence-corrected chi connectivity index (χ1v) is 6.53. The van der Waals surface area contributed by atoms with Gasteiger partial charge in [0, 0.05) is 13.1 Å². The zero-order valence-electron chi connectivity index (χ0n) is 11.0. The second-order valence-corrected chi connectivity index (χ2v) is 4.46. The highest BCUT2D eigenvalue weighted by atomic mass is 35.5. The van der Waals surface area contributed by atoms with Gasteiger partial charge in [-0.2, -0.15) is 0 Å². The van der Waals surface area contributed by atoms with E-state index in [2.05, 4.69) is 4.90 Å². The van der Waals surface area contributed by atoms with Crippen molar-refractivity contribution in [2.45, 2.75) is 12.8 Å². The van der Waals surface area contributed by atoms with Crippen LogP contribution in [0.15, 0.2) is 24.3 Å². The summed E-state index contributed by atoms with van der Waals surface area (Å²) >= 11 is 0. The lowest BCUT2D eigenvalue weighted by Crippen LogP contribution is -2.36. The molecule has 1 aliphatic heterocycles. The largest absolute Gasteiger partial charge is 0.494 e. The van der Waals surface area contributed by atoms with Crippen molar-refractivity contribution in [3.8, 4) is 5.75 Å². The average Bonchev–Trinajstić information content (AvgIpc) is 2.42. The number of nitrogens with zero attached hydrogens (tertiary/aromatic N) is 1. The molecule has 2 rings (SSSR count). The van der Waals surface area contributed by atoms with E-state index in [1.807, 2.05) is 0 Å². The lowest BCUT2D eigenvalue weighted by Gasteiger charge is -2.26. The fourth-order valence-electron chi connectivity index (χ4n) is 1.98. The molecule has 1 heterocycles. The molecule has 0 spiro atoms. The van der Waals surface area contributed by atoms with E-state index in [-0.39, 0.29) is 18.2 Å². The predicted octanol–water partition coefficient (Wildman–Crippen LogP) is 2.74. The van der Waals surface area contributed by atoms with Crippen molar-refractivity contribution >= 4 is 12.4 Å². The molecule has 0 atom stereocenters. The van der Waals surface area contributed by atoms with Crippen LogP contribution in [0.1, 0.15) is 12.8 Å². The summed E-state index contributed by atoms with van der Waals surface area (Å²) in [5.41, 5.74) is 0. The van der Waals surface area contributed by atoms with Crippen molar-refractivity contribution in [1.29, 1.82) is 0 Å². The van der Waals surface area contributed by atoms with Crippen molar-refractivity contribution in [2.75, 3.05) is 39.5 Å². The highest BCUT2D eigenvalue weighted by molar-refractivity contribution is 5.85. The van der Waals surface area contributed by atoms with Gasteiger partial charge in [-0.25, -0.2) is 4.39 Å². The standard InChI is InChI=1S/C14H20FNO2.ClH/c15-13-3-5-14(6-4-13)18-10-2-1-7-16-8-11-17-12-9-16;/h3-6H,1-2,7-12H2;1H. The summed E-state index contributed by atoms with van der Waals surface area (Å²) < 4.78 is 23.5. The van der Waals surface area contributed by atoms with Crippen LogP contribution in [0.5, 0.6) is 5.75 Å². The molecule has 1 fully saturated rings. The van der Waals surface area contributed by atoms with Crippen molar-refractivity contribution < 1.29 is 13.9 Å².